The summed E-state index contributed by atoms with van der Waals surface area (Å²) >= 11 is 0. The fraction of sp³-hybridized carbons (Fsp3) is 0.290. The van der Waals surface area contributed by atoms with Gasteiger partial charge < -0.3 is 9.47 Å². The van der Waals surface area contributed by atoms with E-state index in [0.717, 1.165) is 11.4 Å². The van der Waals surface area contributed by atoms with E-state index in [1.807, 2.05) is 32.3 Å². The molecule has 0 aliphatic carbocycles. The Kier molecular flexibility index (Phi) is 11.5. The minimum atomic E-state index is -0.0738. The van der Waals surface area contributed by atoms with Gasteiger partial charge in [-0.25, -0.2) is 0 Å². The molecule has 0 spiro atoms. The number of hydrogen-bond donors (Lipinski definition) is 0. The Bertz CT molecular complexity index is 1090. The molecule has 1 aliphatic rings. The Balaban J connectivity index is 0.00000110. The molecule has 3 heteroatoms. The first-order chi connectivity index (χ1) is 15.9. The van der Waals surface area contributed by atoms with Crippen LogP contribution in [0.5, 0.6) is 0 Å². The predicted molar refractivity (Wildman–Crippen MR) is 145 cm³/mol. The second-order valence-corrected chi connectivity index (χ2v) is 8.22. The van der Waals surface area contributed by atoms with Crippen LogP contribution in [0.1, 0.15) is 64.1 Å². The van der Waals surface area contributed by atoms with Gasteiger partial charge in [0, 0.05) is 50.0 Å². The summed E-state index contributed by atoms with van der Waals surface area (Å²) in [5.74, 6) is 0. The summed E-state index contributed by atoms with van der Waals surface area (Å²) in [5.41, 5.74) is 8.49. The Hall–Kier alpha value is -2.60. The van der Waals surface area contributed by atoms with Crippen molar-refractivity contribution in [1.29, 1.82) is 0 Å². The SMILES string of the molecule is CC.CC.[CH2-][n+]1c(C)cc(C=CC=C2N(c3ccccc3)c3ccccc3C2(C)C)cc1C.[Re]. The number of rotatable bonds is 3. The van der Waals surface area contributed by atoms with E-state index in [9.17, 15) is 0 Å². The number of hydrogen-bond acceptors (Lipinski definition) is 1. The Morgan fingerprint density at radius 1 is 0.824 bits per heavy atom. The standard InChI is InChI=1S/C27H28N2.2C2H6.Re/c1-20-18-22(19-21(2)28(20)5)12-11-17-26-27(3,4)24-15-9-10-16-25(24)29(26)23-13-7-6-8-14-23;2*1-2;/h6-19H,5H2,1-4H3;2*1-2H3;. The van der Waals surface area contributed by atoms with Crippen molar-refractivity contribution in [2.45, 2.75) is 60.8 Å². The molecule has 3 aromatic rings. The maximum Gasteiger partial charge on any atom is 0.0793 e. The molecular weight excluding hydrogens is 587 g/mol. The summed E-state index contributed by atoms with van der Waals surface area (Å²) in [4.78, 5) is 2.38. The summed E-state index contributed by atoms with van der Waals surface area (Å²) in [6.45, 7) is 16.8. The van der Waals surface area contributed by atoms with E-state index in [4.69, 9.17) is 0 Å². The van der Waals surface area contributed by atoms with Gasteiger partial charge in [0.05, 0.1) is 11.4 Å². The van der Waals surface area contributed by atoms with Crippen LogP contribution < -0.4 is 9.47 Å². The van der Waals surface area contributed by atoms with E-state index >= 15 is 0 Å². The predicted octanol–water partition coefficient (Wildman–Crippen LogP) is 8.31. The summed E-state index contributed by atoms with van der Waals surface area (Å²) in [6.07, 6.45) is 6.60. The van der Waals surface area contributed by atoms with Crippen LogP contribution in [0.2, 0.25) is 0 Å². The summed E-state index contributed by atoms with van der Waals surface area (Å²) in [6, 6.07) is 23.6. The smallest absolute Gasteiger partial charge is 0.0793 e. The van der Waals surface area contributed by atoms with Crippen LogP contribution in [0.3, 0.4) is 0 Å². The second kappa shape index (κ2) is 13.3. The molecule has 2 nitrogen and oxygen atoms in total. The minimum Gasteiger partial charge on any atom is -0.335 e. The van der Waals surface area contributed by atoms with Crippen molar-refractivity contribution in [3.63, 3.8) is 0 Å². The molecule has 0 unspecified atom stereocenters. The Morgan fingerprint density at radius 3 is 1.94 bits per heavy atom. The van der Waals surface area contributed by atoms with Gasteiger partial charge in [-0.3, -0.25) is 0 Å². The maximum atomic E-state index is 4.06. The van der Waals surface area contributed by atoms with Crippen LogP contribution in [0.15, 0.2) is 84.6 Å². The van der Waals surface area contributed by atoms with Gasteiger partial charge in [0.25, 0.3) is 0 Å². The van der Waals surface area contributed by atoms with Gasteiger partial charge in [0.2, 0.25) is 0 Å². The van der Waals surface area contributed by atoms with Crippen LogP contribution in [-0.4, -0.2) is 0 Å². The van der Waals surface area contributed by atoms with Gasteiger partial charge in [0.1, 0.15) is 0 Å². The number of aryl methyl sites for hydroxylation is 2. The number of anilines is 2. The average Bonchev–Trinajstić information content (AvgIpc) is 3.07. The Labute approximate surface area is 221 Å². The average molecular weight is 627 g/mol. The van der Waals surface area contributed by atoms with Crippen molar-refractivity contribution in [2.75, 3.05) is 4.90 Å². The topological polar surface area (TPSA) is 7.12 Å². The van der Waals surface area contributed by atoms with Gasteiger partial charge in [-0.1, -0.05) is 90.1 Å². The molecule has 0 bridgehead atoms. The van der Waals surface area contributed by atoms with E-state index in [0.29, 0.717) is 0 Å². The van der Waals surface area contributed by atoms with Crippen LogP contribution in [0.4, 0.5) is 11.4 Å². The third-order valence-electron chi connectivity index (χ3n) is 5.86. The molecular formula is C31H40N2Re. The monoisotopic (exact) mass is 627 g/mol. The fourth-order valence-electron chi connectivity index (χ4n) is 4.19. The van der Waals surface area contributed by atoms with E-state index in [2.05, 4.69) is 125 Å². The first-order valence-corrected chi connectivity index (χ1v) is 12.1. The zero-order valence-corrected chi connectivity index (χ0v) is 24.8. The molecule has 0 fully saturated rings. The number of allylic oxidation sites excluding steroid dienone is 3. The van der Waals surface area contributed by atoms with Gasteiger partial charge in [-0.2, -0.15) is 0 Å². The van der Waals surface area contributed by atoms with E-state index in [1.54, 1.807) is 0 Å². The molecule has 0 saturated heterocycles. The third kappa shape index (κ3) is 6.09. The number of para-hydroxylation sites is 2. The summed E-state index contributed by atoms with van der Waals surface area (Å²) in [5, 5.41) is 0. The molecule has 181 valence electrons. The van der Waals surface area contributed by atoms with Crippen molar-refractivity contribution in [1.82, 2.24) is 0 Å². The van der Waals surface area contributed by atoms with Crippen molar-refractivity contribution in [3.8, 4) is 0 Å². The van der Waals surface area contributed by atoms with Gasteiger partial charge in [-0.15, -0.1) is 0 Å². The van der Waals surface area contributed by atoms with Gasteiger partial charge in [-0.05, 0) is 61.4 Å². The van der Waals surface area contributed by atoms with Crippen LogP contribution >= 0.6 is 0 Å². The first-order valence-electron chi connectivity index (χ1n) is 12.1. The molecule has 1 aromatic heterocycles. The molecule has 2 heterocycles. The largest absolute Gasteiger partial charge is 0.335 e. The van der Waals surface area contributed by atoms with E-state index in [-0.39, 0.29) is 25.8 Å². The molecule has 0 atom stereocenters. The molecule has 4 rings (SSSR count). The molecule has 1 aliphatic heterocycles. The van der Waals surface area contributed by atoms with Crippen molar-refractivity contribution < 1.29 is 25.0 Å². The first kappa shape index (κ1) is 29.4. The van der Waals surface area contributed by atoms with E-state index in [1.165, 1.54) is 28.2 Å². The number of fused-ring (bicyclic) bond motifs is 1. The zero-order valence-electron chi connectivity index (χ0n) is 22.1. The summed E-state index contributed by atoms with van der Waals surface area (Å²) < 4.78 is 1.96. The minimum absolute atomic E-state index is 0. The number of benzene rings is 2. The van der Waals surface area contributed by atoms with Crippen LogP contribution in [-0.2, 0) is 25.8 Å². The van der Waals surface area contributed by atoms with Gasteiger partial charge in [0.15, 0.2) is 0 Å². The maximum absolute atomic E-state index is 4.06. The number of nitrogens with zero attached hydrogens (tertiary/aromatic N) is 2. The number of aromatic nitrogens is 1. The summed E-state index contributed by atoms with van der Waals surface area (Å²) in [7, 11) is 4.06. The molecule has 0 N–H and O–H groups in total. The molecule has 0 saturated carbocycles. The molecule has 1 radical (unpaired) electrons. The van der Waals surface area contributed by atoms with E-state index < -0.39 is 0 Å². The fourth-order valence-corrected chi connectivity index (χ4v) is 4.19. The Morgan fingerprint density at radius 2 is 1.35 bits per heavy atom. The van der Waals surface area contributed by atoms with Crippen LogP contribution in [0, 0.1) is 20.9 Å². The van der Waals surface area contributed by atoms with Gasteiger partial charge >= 0.3 is 0 Å². The molecule has 2 aromatic carbocycles. The normalized spacial score (nSPS) is 14.5. The zero-order chi connectivity index (χ0) is 24.6. The van der Waals surface area contributed by atoms with Crippen LogP contribution in [0.25, 0.3) is 6.08 Å². The molecule has 34 heavy (non-hydrogen) atoms. The second-order valence-electron chi connectivity index (χ2n) is 8.22. The number of pyridine rings is 1. The van der Waals surface area contributed by atoms with Crippen molar-refractivity contribution in [2.24, 2.45) is 0 Å². The van der Waals surface area contributed by atoms with Crippen molar-refractivity contribution in [3.05, 3.63) is 114 Å². The quantitative estimate of drug-likeness (QED) is 0.210. The third-order valence-corrected chi connectivity index (χ3v) is 5.86. The molecule has 0 amide bonds. The van der Waals surface area contributed by atoms with Crippen molar-refractivity contribution >= 4 is 17.5 Å².